The minimum Gasteiger partial charge on any atom is -0.466 e. The first-order chi connectivity index (χ1) is 9.81. The number of ether oxygens (including phenoxy) is 1. The number of carbonyl (C=O) groups excluding carboxylic acids is 1. The molecule has 0 bridgehead atoms. The van der Waals surface area contributed by atoms with Crippen LogP contribution in [0, 0.1) is 0 Å². The molecule has 0 fully saturated rings. The van der Waals surface area contributed by atoms with E-state index in [2.05, 4.69) is 12.1 Å². The van der Waals surface area contributed by atoms with Crippen molar-refractivity contribution in [1.29, 1.82) is 0 Å². The monoisotopic (exact) mass is 268 g/mol. The summed E-state index contributed by atoms with van der Waals surface area (Å²) >= 11 is 0. The van der Waals surface area contributed by atoms with Crippen molar-refractivity contribution in [3.05, 3.63) is 71.8 Å². The Morgan fingerprint density at radius 3 is 2.20 bits per heavy atom. The topological polar surface area (TPSA) is 26.3 Å². The van der Waals surface area contributed by atoms with E-state index in [1.54, 1.807) is 0 Å². The Hall–Kier alpha value is -2.09. The molecule has 0 heterocycles. The Morgan fingerprint density at radius 2 is 1.60 bits per heavy atom. The van der Waals surface area contributed by atoms with Gasteiger partial charge in [-0.1, -0.05) is 60.7 Å². The normalized spacial score (nSPS) is 11.8. The molecular formula is C18H20O2. The minimum atomic E-state index is -0.184. The molecule has 0 amide bonds. The lowest BCUT2D eigenvalue weighted by atomic mass is 9.92. The van der Waals surface area contributed by atoms with Crippen molar-refractivity contribution in [3.63, 3.8) is 0 Å². The Labute approximate surface area is 120 Å². The third-order valence-electron chi connectivity index (χ3n) is 3.34. The molecule has 2 rings (SSSR count). The zero-order chi connectivity index (χ0) is 14.2. The van der Waals surface area contributed by atoms with Crippen molar-refractivity contribution in [3.8, 4) is 0 Å². The van der Waals surface area contributed by atoms with Crippen LogP contribution in [0.5, 0.6) is 0 Å². The summed E-state index contributed by atoms with van der Waals surface area (Å²) < 4.78 is 5.21. The molecule has 2 aromatic rings. The summed E-state index contributed by atoms with van der Waals surface area (Å²) in [6.07, 6.45) is 1.64. The summed E-state index contributed by atoms with van der Waals surface area (Å²) in [4.78, 5) is 12.1. The molecule has 0 aliphatic rings. The summed E-state index contributed by atoms with van der Waals surface area (Å²) in [5, 5.41) is 0. The van der Waals surface area contributed by atoms with E-state index >= 15 is 0 Å². The van der Waals surface area contributed by atoms with E-state index < -0.39 is 0 Å². The third kappa shape index (κ3) is 3.95. The molecule has 0 aromatic heterocycles. The number of aryl methyl sites for hydroxylation is 1. The van der Waals surface area contributed by atoms with Gasteiger partial charge in [-0.05, 0) is 30.9 Å². The Kier molecular flexibility index (Phi) is 5.36. The van der Waals surface area contributed by atoms with Crippen LogP contribution in [0.2, 0.25) is 0 Å². The van der Waals surface area contributed by atoms with Crippen LogP contribution >= 0.6 is 0 Å². The van der Waals surface area contributed by atoms with Crippen LogP contribution < -0.4 is 0 Å². The van der Waals surface area contributed by atoms with Gasteiger partial charge in [-0.15, -0.1) is 0 Å². The van der Waals surface area contributed by atoms with Crippen LogP contribution in [-0.4, -0.2) is 12.6 Å². The summed E-state index contributed by atoms with van der Waals surface area (Å²) in [5.41, 5.74) is 2.28. The van der Waals surface area contributed by atoms with Crippen molar-refractivity contribution in [2.75, 3.05) is 6.61 Å². The van der Waals surface area contributed by atoms with Gasteiger partial charge in [-0.25, -0.2) is 0 Å². The summed E-state index contributed by atoms with van der Waals surface area (Å²) in [6, 6.07) is 20.1. The smallest absolute Gasteiger partial charge is 0.313 e. The van der Waals surface area contributed by atoms with Gasteiger partial charge < -0.3 is 4.74 Å². The fraction of sp³-hybridized carbons (Fsp3) is 0.278. The molecule has 1 atom stereocenters. The molecule has 2 nitrogen and oxygen atoms in total. The first kappa shape index (κ1) is 14.3. The summed E-state index contributed by atoms with van der Waals surface area (Å²) in [7, 11) is 0. The first-order valence-electron chi connectivity index (χ1n) is 7.06. The van der Waals surface area contributed by atoms with Gasteiger partial charge in [0.1, 0.15) is 0 Å². The summed E-state index contributed by atoms with van der Waals surface area (Å²) in [5.74, 6) is -0.314. The molecular weight excluding hydrogens is 248 g/mol. The molecule has 0 saturated heterocycles. The number of hydrogen-bond acceptors (Lipinski definition) is 2. The van der Waals surface area contributed by atoms with Crippen molar-refractivity contribution in [1.82, 2.24) is 0 Å². The highest BCUT2D eigenvalue weighted by molar-refractivity contribution is 5.78. The van der Waals surface area contributed by atoms with E-state index in [4.69, 9.17) is 4.74 Å². The lowest BCUT2D eigenvalue weighted by molar-refractivity contribution is -0.145. The first-order valence-corrected chi connectivity index (χ1v) is 7.06. The number of carbonyl (C=O) groups is 1. The quantitative estimate of drug-likeness (QED) is 0.741. The maximum atomic E-state index is 12.1. The fourth-order valence-corrected chi connectivity index (χ4v) is 2.30. The van der Waals surface area contributed by atoms with E-state index in [0.717, 1.165) is 18.4 Å². The number of benzene rings is 2. The molecule has 2 aromatic carbocycles. The van der Waals surface area contributed by atoms with Crippen LogP contribution in [0.4, 0.5) is 0 Å². The van der Waals surface area contributed by atoms with Gasteiger partial charge in [0, 0.05) is 0 Å². The van der Waals surface area contributed by atoms with Crippen LogP contribution in [0.3, 0.4) is 0 Å². The van der Waals surface area contributed by atoms with Gasteiger partial charge in [-0.2, -0.15) is 0 Å². The zero-order valence-corrected chi connectivity index (χ0v) is 11.8. The van der Waals surface area contributed by atoms with Crippen molar-refractivity contribution in [2.24, 2.45) is 0 Å². The molecule has 0 N–H and O–H groups in total. The zero-order valence-electron chi connectivity index (χ0n) is 11.8. The number of hydrogen-bond donors (Lipinski definition) is 0. The van der Waals surface area contributed by atoms with Crippen molar-refractivity contribution in [2.45, 2.75) is 25.7 Å². The molecule has 0 saturated carbocycles. The van der Waals surface area contributed by atoms with Gasteiger partial charge in [-0.3, -0.25) is 4.79 Å². The van der Waals surface area contributed by atoms with Gasteiger partial charge >= 0.3 is 5.97 Å². The Bertz CT molecular complexity index is 520. The lowest BCUT2D eigenvalue weighted by Crippen LogP contribution is -2.16. The highest BCUT2D eigenvalue weighted by Gasteiger charge is 2.21. The Balaban J connectivity index is 2.09. The van der Waals surface area contributed by atoms with Crippen LogP contribution in [0.25, 0.3) is 0 Å². The van der Waals surface area contributed by atoms with Gasteiger partial charge in [0.15, 0.2) is 0 Å². The van der Waals surface area contributed by atoms with E-state index in [1.165, 1.54) is 5.56 Å². The molecule has 0 aliphatic heterocycles. The standard InChI is InChI=1S/C18H20O2/c1-2-20-18(19)17(16-11-7-4-8-12-16)14-13-15-9-5-3-6-10-15/h3-12,17H,2,13-14H2,1H3/t17-/m0/s1. The van der Waals surface area contributed by atoms with E-state index in [1.807, 2.05) is 55.5 Å². The summed E-state index contributed by atoms with van der Waals surface area (Å²) in [6.45, 7) is 2.27. The highest BCUT2D eigenvalue weighted by atomic mass is 16.5. The number of esters is 1. The van der Waals surface area contributed by atoms with E-state index in [-0.39, 0.29) is 11.9 Å². The molecule has 2 heteroatoms. The van der Waals surface area contributed by atoms with Crippen LogP contribution in [0.1, 0.15) is 30.4 Å². The predicted molar refractivity (Wildman–Crippen MR) is 80.6 cm³/mol. The second-order valence-electron chi connectivity index (χ2n) is 4.74. The molecule has 0 unspecified atom stereocenters. The second kappa shape index (κ2) is 7.49. The van der Waals surface area contributed by atoms with Gasteiger partial charge in [0.05, 0.1) is 12.5 Å². The van der Waals surface area contributed by atoms with Crippen molar-refractivity contribution < 1.29 is 9.53 Å². The molecule has 0 radical (unpaired) electrons. The van der Waals surface area contributed by atoms with Crippen LogP contribution in [0.15, 0.2) is 60.7 Å². The number of rotatable bonds is 6. The molecule has 0 aliphatic carbocycles. The maximum absolute atomic E-state index is 12.1. The molecule has 20 heavy (non-hydrogen) atoms. The van der Waals surface area contributed by atoms with E-state index in [0.29, 0.717) is 6.61 Å². The van der Waals surface area contributed by atoms with Crippen molar-refractivity contribution >= 4 is 5.97 Å². The highest BCUT2D eigenvalue weighted by Crippen LogP contribution is 2.23. The lowest BCUT2D eigenvalue weighted by Gasteiger charge is -2.16. The molecule has 0 spiro atoms. The third-order valence-corrected chi connectivity index (χ3v) is 3.34. The average Bonchev–Trinajstić information content (AvgIpc) is 2.50. The fourth-order valence-electron chi connectivity index (χ4n) is 2.30. The second-order valence-corrected chi connectivity index (χ2v) is 4.74. The van der Waals surface area contributed by atoms with Gasteiger partial charge in [0.2, 0.25) is 0 Å². The van der Waals surface area contributed by atoms with E-state index in [9.17, 15) is 4.79 Å². The average molecular weight is 268 g/mol. The van der Waals surface area contributed by atoms with Crippen LogP contribution in [-0.2, 0) is 16.0 Å². The SMILES string of the molecule is CCOC(=O)[C@@H](CCc1ccccc1)c1ccccc1. The van der Waals surface area contributed by atoms with Gasteiger partial charge in [0.25, 0.3) is 0 Å². The minimum absolute atomic E-state index is 0.130. The predicted octanol–water partition coefficient (Wildman–Crippen LogP) is 3.97. The molecule has 104 valence electrons. The Morgan fingerprint density at radius 1 is 1.00 bits per heavy atom. The largest absolute Gasteiger partial charge is 0.466 e. The maximum Gasteiger partial charge on any atom is 0.313 e.